The first-order chi connectivity index (χ1) is 12.9. The summed E-state index contributed by atoms with van der Waals surface area (Å²) < 4.78 is 10.2. The molecular weight excluding hydrogens is 389 g/mol. The average molecular weight is 408 g/mol. The van der Waals surface area contributed by atoms with E-state index in [0.29, 0.717) is 22.2 Å². The van der Waals surface area contributed by atoms with Crippen molar-refractivity contribution in [3.63, 3.8) is 0 Å². The van der Waals surface area contributed by atoms with Gasteiger partial charge in [-0.2, -0.15) is 0 Å². The SMILES string of the molecule is COc1ccc(CNC(=O)[C@@H](C)OC(=O)/C=C/c2ccc(Cl)c(Cl)c2)cc1. The maximum atomic E-state index is 12.1. The lowest BCUT2D eigenvalue weighted by Gasteiger charge is -2.12. The van der Waals surface area contributed by atoms with Crippen molar-refractivity contribution in [1.29, 1.82) is 0 Å². The molecule has 0 aromatic heterocycles. The number of carbonyl (C=O) groups is 2. The summed E-state index contributed by atoms with van der Waals surface area (Å²) in [5.74, 6) is -0.281. The van der Waals surface area contributed by atoms with Crippen LogP contribution in [-0.2, 0) is 20.9 Å². The summed E-state index contributed by atoms with van der Waals surface area (Å²) in [7, 11) is 1.59. The number of ether oxygens (including phenoxy) is 2. The number of benzene rings is 2. The van der Waals surface area contributed by atoms with Crippen molar-refractivity contribution in [3.05, 3.63) is 69.7 Å². The zero-order valence-electron chi connectivity index (χ0n) is 14.9. The van der Waals surface area contributed by atoms with E-state index in [1.165, 1.54) is 19.1 Å². The summed E-state index contributed by atoms with van der Waals surface area (Å²) in [6, 6.07) is 12.3. The minimum absolute atomic E-state index is 0.323. The maximum Gasteiger partial charge on any atom is 0.331 e. The van der Waals surface area contributed by atoms with Crippen LogP contribution in [0.3, 0.4) is 0 Å². The minimum atomic E-state index is -0.922. The Morgan fingerprint density at radius 3 is 2.44 bits per heavy atom. The van der Waals surface area contributed by atoms with Crippen LogP contribution in [0, 0.1) is 0 Å². The van der Waals surface area contributed by atoms with Crippen LogP contribution < -0.4 is 10.1 Å². The highest BCUT2D eigenvalue weighted by Gasteiger charge is 2.16. The molecule has 2 aromatic rings. The number of amides is 1. The smallest absolute Gasteiger partial charge is 0.331 e. The highest BCUT2D eigenvalue weighted by molar-refractivity contribution is 6.42. The van der Waals surface area contributed by atoms with Gasteiger partial charge in [0.2, 0.25) is 0 Å². The van der Waals surface area contributed by atoms with Crippen LogP contribution >= 0.6 is 23.2 Å². The fraction of sp³-hybridized carbons (Fsp3) is 0.200. The predicted molar refractivity (Wildman–Crippen MR) is 106 cm³/mol. The van der Waals surface area contributed by atoms with Crippen LogP contribution in [0.25, 0.3) is 6.08 Å². The van der Waals surface area contributed by atoms with Gasteiger partial charge in [-0.1, -0.05) is 41.4 Å². The Balaban J connectivity index is 1.82. The second-order valence-corrected chi connectivity index (χ2v) is 6.47. The van der Waals surface area contributed by atoms with Crippen LogP contribution in [0.1, 0.15) is 18.1 Å². The first-order valence-corrected chi connectivity index (χ1v) is 8.89. The lowest BCUT2D eigenvalue weighted by atomic mass is 10.2. The number of carbonyl (C=O) groups excluding carboxylic acids is 2. The van der Waals surface area contributed by atoms with Crippen LogP contribution in [0.15, 0.2) is 48.5 Å². The molecule has 2 rings (SSSR count). The van der Waals surface area contributed by atoms with Crippen molar-refractivity contribution < 1.29 is 19.1 Å². The molecule has 0 spiro atoms. The summed E-state index contributed by atoms with van der Waals surface area (Å²) in [6.45, 7) is 1.83. The number of methoxy groups -OCH3 is 1. The van der Waals surface area contributed by atoms with Gasteiger partial charge >= 0.3 is 5.97 Å². The van der Waals surface area contributed by atoms with Crippen molar-refractivity contribution in [3.8, 4) is 5.75 Å². The summed E-state index contributed by atoms with van der Waals surface area (Å²) in [5.41, 5.74) is 1.60. The average Bonchev–Trinajstić information content (AvgIpc) is 2.67. The lowest BCUT2D eigenvalue weighted by Crippen LogP contribution is -2.35. The quantitative estimate of drug-likeness (QED) is 0.549. The summed E-state index contributed by atoms with van der Waals surface area (Å²) >= 11 is 11.8. The second kappa shape index (κ2) is 10.00. The number of halogens is 2. The Morgan fingerprint density at radius 2 is 1.81 bits per heavy atom. The van der Waals surface area contributed by atoms with Crippen LogP contribution in [-0.4, -0.2) is 25.1 Å². The molecule has 1 amide bonds. The Bertz CT molecular complexity index is 834. The molecule has 0 aliphatic heterocycles. The molecule has 0 saturated carbocycles. The molecule has 0 saturated heterocycles. The fourth-order valence-electron chi connectivity index (χ4n) is 2.12. The molecule has 0 radical (unpaired) electrons. The topological polar surface area (TPSA) is 64.6 Å². The summed E-state index contributed by atoms with van der Waals surface area (Å²) in [5, 5.41) is 3.53. The molecule has 0 bridgehead atoms. The first-order valence-electron chi connectivity index (χ1n) is 8.13. The Morgan fingerprint density at radius 1 is 1.11 bits per heavy atom. The van der Waals surface area contributed by atoms with Gasteiger partial charge in [-0.05, 0) is 48.4 Å². The fourth-order valence-corrected chi connectivity index (χ4v) is 2.43. The molecule has 0 aliphatic carbocycles. The van der Waals surface area contributed by atoms with Gasteiger partial charge < -0.3 is 14.8 Å². The van der Waals surface area contributed by atoms with Crippen LogP contribution in [0.4, 0.5) is 0 Å². The first kappa shape index (κ1) is 20.8. The molecule has 0 aliphatic rings. The molecular formula is C20H19Cl2NO4. The third-order valence-corrected chi connectivity index (χ3v) is 4.38. The van der Waals surface area contributed by atoms with Crippen LogP contribution in [0.5, 0.6) is 5.75 Å². The molecule has 142 valence electrons. The Kier molecular flexibility index (Phi) is 7.70. The largest absolute Gasteiger partial charge is 0.497 e. The normalized spacial score (nSPS) is 11.9. The monoisotopic (exact) mass is 407 g/mol. The van der Waals surface area contributed by atoms with E-state index >= 15 is 0 Å². The lowest BCUT2D eigenvalue weighted by molar-refractivity contribution is -0.150. The molecule has 2 aromatic carbocycles. The summed E-state index contributed by atoms with van der Waals surface area (Å²) in [4.78, 5) is 23.9. The molecule has 0 heterocycles. The van der Waals surface area contributed by atoms with E-state index in [4.69, 9.17) is 32.7 Å². The molecule has 0 fully saturated rings. The van der Waals surface area contributed by atoms with Gasteiger partial charge in [-0.3, -0.25) is 4.79 Å². The van der Waals surface area contributed by atoms with Gasteiger partial charge in [-0.15, -0.1) is 0 Å². The number of hydrogen-bond acceptors (Lipinski definition) is 4. The van der Waals surface area contributed by atoms with Crippen molar-refractivity contribution in [2.45, 2.75) is 19.6 Å². The van der Waals surface area contributed by atoms with Gasteiger partial charge in [0.05, 0.1) is 17.2 Å². The number of nitrogens with one attached hydrogen (secondary N) is 1. The Labute approximate surface area is 167 Å². The minimum Gasteiger partial charge on any atom is -0.497 e. The van der Waals surface area contributed by atoms with E-state index in [0.717, 1.165) is 11.3 Å². The van der Waals surface area contributed by atoms with Crippen molar-refractivity contribution in [1.82, 2.24) is 5.32 Å². The van der Waals surface area contributed by atoms with Crippen LogP contribution in [0.2, 0.25) is 10.0 Å². The van der Waals surface area contributed by atoms with E-state index in [1.54, 1.807) is 37.4 Å². The molecule has 1 N–H and O–H groups in total. The zero-order chi connectivity index (χ0) is 19.8. The summed E-state index contributed by atoms with van der Waals surface area (Å²) in [6.07, 6.45) is 1.84. The zero-order valence-corrected chi connectivity index (χ0v) is 16.4. The van der Waals surface area contributed by atoms with E-state index < -0.39 is 12.1 Å². The van der Waals surface area contributed by atoms with Gasteiger partial charge in [0.1, 0.15) is 5.75 Å². The molecule has 0 unspecified atom stereocenters. The Hall–Kier alpha value is -2.50. The van der Waals surface area contributed by atoms with E-state index in [9.17, 15) is 9.59 Å². The molecule has 5 nitrogen and oxygen atoms in total. The standard InChI is InChI=1S/C20H19Cl2NO4/c1-13(20(25)23-12-15-3-7-16(26-2)8-4-15)27-19(24)10-6-14-5-9-17(21)18(22)11-14/h3-11,13H,12H2,1-2H3,(H,23,25)/b10-6+/t13-/m1/s1. The van der Waals surface area contributed by atoms with Gasteiger partial charge in [0.25, 0.3) is 5.91 Å². The van der Waals surface area contributed by atoms with Crippen molar-refractivity contribution in [2.24, 2.45) is 0 Å². The molecule has 7 heteroatoms. The maximum absolute atomic E-state index is 12.1. The van der Waals surface area contributed by atoms with E-state index in [2.05, 4.69) is 5.32 Å². The third kappa shape index (κ3) is 6.62. The number of rotatable bonds is 7. The van der Waals surface area contributed by atoms with Gasteiger partial charge in [0.15, 0.2) is 6.10 Å². The van der Waals surface area contributed by atoms with Crippen molar-refractivity contribution >= 4 is 41.2 Å². The third-order valence-electron chi connectivity index (χ3n) is 3.64. The second-order valence-electron chi connectivity index (χ2n) is 5.65. The van der Waals surface area contributed by atoms with E-state index in [-0.39, 0.29) is 5.91 Å². The predicted octanol–water partition coefficient (Wildman–Crippen LogP) is 4.26. The van der Waals surface area contributed by atoms with Gasteiger partial charge in [-0.25, -0.2) is 4.79 Å². The number of esters is 1. The highest BCUT2D eigenvalue weighted by Crippen LogP contribution is 2.23. The molecule has 27 heavy (non-hydrogen) atoms. The van der Waals surface area contributed by atoms with E-state index in [1.807, 2.05) is 12.1 Å². The molecule has 1 atom stereocenters. The van der Waals surface area contributed by atoms with Gasteiger partial charge in [0, 0.05) is 12.6 Å². The highest BCUT2D eigenvalue weighted by atomic mass is 35.5. The van der Waals surface area contributed by atoms with Crippen molar-refractivity contribution in [2.75, 3.05) is 7.11 Å². The number of hydrogen-bond donors (Lipinski definition) is 1.